The molecule has 2 N–H and O–H groups in total. The highest BCUT2D eigenvalue weighted by Gasteiger charge is 2.41. The monoisotopic (exact) mass is 361 g/mol. The Morgan fingerprint density at radius 1 is 1.26 bits per heavy atom. The number of nitrogens with zero attached hydrogens (tertiary/aromatic N) is 4. The van der Waals surface area contributed by atoms with Crippen LogP contribution in [0.25, 0.3) is 22.6 Å². The van der Waals surface area contributed by atoms with Crippen LogP contribution in [0.15, 0.2) is 36.5 Å². The van der Waals surface area contributed by atoms with Gasteiger partial charge in [0.2, 0.25) is 0 Å². The number of imidazole rings is 1. The number of fused-ring (bicyclic) bond motifs is 5. The summed E-state index contributed by atoms with van der Waals surface area (Å²) < 4.78 is 2.34. The second-order valence-electron chi connectivity index (χ2n) is 7.23. The average Bonchev–Trinajstić information content (AvgIpc) is 3.33. The summed E-state index contributed by atoms with van der Waals surface area (Å²) in [6.07, 6.45) is 3.98. The lowest BCUT2D eigenvalue weighted by atomic mass is 10.1. The number of nitrogens with one attached hydrogen (secondary N) is 1. The van der Waals surface area contributed by atoms with Crippen molar-refractivity contribution >= 4 is 11.9 Å². The van der Waals surface area contributed by atoms with Crippen molar-refractivity contribution in [1.29, 1.82) is 0 Å². The Balaban J connectivity index is 1.72. The van der Waals surface area contributed by atoms with Gasteiger partial charge in [0.05, 0.1) is 11.4 Å². The van der Waals surface area contributed by atoms with Crippen molar-refractivity contribution in [2.24, 2.45) is 0 Å². The van der Waals surface area contributed by atoms with Crippen LogP contribution in [-0.4, -0.2) is 30.7 Å². The topological polar surface area (TPSA) is 92.9 Å². The molecule has 136 valence electrons. The van der Waals surface area contributed by atoms with Crippen molar-refractivity contribution in [2.45, 2.75) is 38.1 Å². The van der Waals surface area contributed by atoms with Gasteiger partial charge in [0, 0.05) is 29.4 Å². The zero-order valence-corrected chi connectivity index (χ0v) is 14.9. The van der Waals surface area contributed by atoms with E-state index in [1.165, 1.54) is 6.42 Å². The maximum Gasteiger partial charge on any atom is 0.410 e. The molecule has 2 unspecified atom stereocenters. The molecule has 3 aromatic rings. The van der Waals surface area contributed by atoms with Crippen molar-refractivity contribution in [1.82, 2.24) is 19.5 Å². The van der Waals surface area contributed by atoms with E-state index in [1.807, 2.05) is 31.2 Å². The molecule has 1 saturated carbocycles. The molecule has 0 radical (unpaired) electrons. The number of rotatable bonds is 3. The number of amides is 1. The van der Waals surface area contributed by atoms with Gasteiger partial charge in [0.1, 0.15) is 17.3 Å². The van der Waals surface area contributed by atoms with Crippen molar-refractivity contribution in [3.63, 3.8) is 0 Å². The number of aryl methyl sites for hydroxylation is 1. The van der Waals surface area contributed by atoms with Gasteiger partial charge in [0.25, 0.3) is 0 Å². The summed E-state index contributed by atoms with van der Waals surface area (Å²) in [4.78, 5) is 24.8. The normalized spacial score (nSPS) is 19.9. The van der Waals surface area contributed by atoms with E-state index in [1.54, 1.807) is 12.3 Å². The number of aromatic nitrogens is 4. The molecule has 0 spiro atoms. The molecule has 5 rings (SSSR count). The van der Waals surface area contributed by atoms with Gasteiger partial charge in [-0.3, -0.25) is 10.3 Å². The highest BCUT2D eigenvalue weighted by atomic mass is 16.4. The van der Waals surface area contributed by atoms with Gasteiger partial charge >= 0.3 is 6.09 Å². The first-order chi connectivity index (χ1) is 13.1. The van der Waals surface area contributed by atoms with Gasteiger partial charge in [0.15, 0.2) is 0 Å². The summed E-state index contributed by atoms with van der Waals surface area (Å²) in [5.41, 5.74) is 4.55. The zero-order chi connectivity index (χ0) is 18.5. The van der Waals surface area contributed by atoms with Crippen LogP contribution in [0.4, 0.5) is 10.6 Å². The van der Waals surface area contributed by atoms with E-state index >= 15 is 0 Å². The van der Waals surface area contributed by atoms with E-state index in [9.17, 15) is 4.79 Å². The highest BCUT2D eigenvalue weighted by Crippen LogP contribution is 2.52. The third kappa shape index (κ3) is 2.58. The summed E-state index contributed by atoms with van der Waals surface area (Å²) in [5.74, 6) is 1.94. The molecule has 1 aliphatic carbocycles. The number of pyridine rings is 2. The lowest BCUT2D eigenvalue weighted by Gasteiger charge is -2.17. The van der Waals surface area contributed by atoms with Crippen LogP contribution in [0.3, 0.4) is 0 Å². The first-order valence-corrected chi connectivity index (χ1v) is 9.12. The lowest BCUT2D eigenvalue weighted by molar-refractivity contribution is 0.209. The molecule has 2 bridgehead atoms. The van der Waals surface area contributed by atoms with Gasteiger partial charge < -0.3 is 9.67 Å². The fourth-order valence-corrected chi connectivity index (χ4v) is 4.42. The molecule has 27 heavy (non-hydrogen) atoms. The zero-order valence-electron chi connectivity index (χ0n) is 14.9. The van der Waals surface area contributed by atoms with Gasteiger partial charge in [-0.1, -0.05) is 6.07 Å². The summed E-state index contributed by atoms with van der Waals surface area (Å²) in [5, 5.41) is 11.4. The van der Waals surface area contributed by atoms with Crippen LogP contribution in [0.2, 0.25) is 0 Å². The standard InChI is InChI=1S/C20H19N5O2/c1-11-3-2-4-15(22-11)17-18(12-7-8-21-16(10-12)23-20(26)27)25-14-6-5-13(9-14)19(25)24-17/h2-4,7-8,10,13-14H,5-6,9H2,1H3,(H,21,23)(H,26,27). The number of carboxylic acid groups (broad SMARTS) is 1. The Morgan fingerprint density at radius 3 is 2.96 bits per heavy atom. The molecule has 2 aliphatic rings. The molecule has 4 heterocycles. The Morgan fingerprint density at radius 2 is 2.15 bits per heavy atom. The fraction of sp³-hybridized carbons (Fsp3) is 0.300. The molecular formula is C20H19N5O2. The highest BCUT2D eigenvalue weighted by molar-refractivity contribution is 5.84. The van der Waals surface area contributed by atoms with Crippen LogP contribution >= 0.6 is 0 Å². The van der Waals surface area contributed by atoms with E-state index in [-0.39, 0.29) is 0 Å². The molecule has 1 fully saturated rings. The Kier molecular flexibility index (Phi) is 3.50. The van der Waals surface area contributed by atoms with E-state index in [0.29, 0.717) is 17.8 Å². The predicted octanol–water partition coefficient (Wildman–Crippen LogP) is 4.23. The molecule has 0 aromatic carbocycles. The number of anilines is 1. The van der Waals surface area contributed by atoms with Gasteiger partial charge in [-0.25, -0.2) is 14.8 Å². The summed E-state index contributed by atoms with van der Waals surface area (Å²) in [6.45, 7) is 1.97. The third-order valence-corrected chi connectivity index (χ3v) is 5.47. The average molecular weight is 361 g/mol. The SMILES string of the molecule is Cc1cccc(-c2nc3n(c2-c2ccnc(NC(=O)O)c2)C2CCC3C2)n1. The van der Waals surface area contributed by atoms with Crippen LogP contribution in [0, 0.1) is 6.92 Å². The quantitative estimate of drug-likeness (QED) is 0.728. The molecule has 2 atom stereocenters. The minimum absolute atomic E-state index is 0.307. The Labute approximate surface area is 156 Å². The second-order valence-corrected chi connectivity index (χ2v) is 7.23. The van der Waals surface area contributed by atoms with Crippen LogP contribution < -0.4 is 5.32 Å². The van der Waals surface area contributed by atoms with Crippen molar-refractivity contribution in [3.8, 4) is 22.6 Å². The maximum absolute atomic E-state index is 11.0. The molecule has 7 heteroatoms. The largest absolute Gasteiger partial charge is 0.465 e. The molecule has 3 aromatic heterocycles. The van der Waals surface area contributed by atoms with Crippen molar-refractivity contribution < 1.29 is 9.90 Å². The van der Waals surface area contributed by atoms with E-state index in [4.69, 9.17) is 10.1 Å². The van der Waals surface area contributed by atoms with Crippen molar-refractivity contribution in [2.75, 3.05) is 5.32 Å². The van der Waals surface area contributed by atoms with Gasteiger partial charge in [-0.05, 0) is 50.5 Å². The van der Waals surface area contributed by atoms with Gasteiger partial charge in [-0.2, -0.15) is 0 Å². The first-order valence-electron chi connectivity index (χ1n) is 9.12. The second kappa shape index (κ2) is 5.90. The summed E-state index contributed by atoms with van der Waals surface area (Å²) >= 11 is 0. The Hall–Kier alpha value is -3.22. The van der Waals surface area contributed by atoms with Crippen LogP contribution in [0.5, 0.6) is 0 Å². The number of hydrogen-bond donors (Lipinski definition) is 2. The first kappa shape index (κ1) is 16.0. The van der Waals surface area contributed by atoms with Crippen LogP contribution in [0.1, 0.15) is 42.7 Å². The third-order valence-electron chi connectivity index (χ3n) is 5.47. The fourth-order valence-electron chi connectivity index (χ4n) is 4.42. The Bertz CT molecular complexity index is 1060. The van der Waals surface area contributed by atoms with Crippen LogP contribution in [-0.2, 0) is 0 Å². The van der Waals surface area contributed by atoms with E-state index in [0.717, 1.165) is 47.0 Å². The summed E-state index contributed by atoms with van der Waals surface area (Å²) in [6, 6.07) is 10.1. The summed E-state index contributed by atoms with van der Waals surface area (Å²) in [7, 11) is 0. The lowest BCUT2D eigenvalue weighted by Crippen LogP contribution is -2.10. The molecule has 0 saturated heterocycles. The van der Waals surface area contributed by atoms with E-state index < -0.39 is 6.09 Å². The van der Waals surface area contributed by atoms with E-state index in [2.05, 4.69) is 19.9 Å². The minimum atomic E-state index is -1.13. The van der Waals surface area contributed by atoms with Crippen molar-refractivity contribution in [3.05, 3.63) is 48.0 Å². The number of hydrogen-bond acceptors (Lipinski definition) is 4. The maximum atomic E-state index is 11.0. The predicted molar refractivity (Wildman–Crippen MR) is 101 cm³/mol. The molecular weight excluding hydrogens is 342 g/mol. The molecule has 7 nitrogen and oxygen atoms in total. The van der Waals surface area contributed by atoms with Gasteiger partial charge in [-0.15, -0.1) is 0 Å². The molecule has 1 amide bonds. The minimum Gasteiger partial charge on any atom is -0.465 e. The molecule has 1 aliphatic heterocycles. The smallest absolute Gasteiger partial charge is 0.410 e. The number of carbonyl (C=O) groups is 1.